The first kappa shape index (κ1) is 21.7. The van der Waals surface area contributed by atoms with Gasteiger partial charge in [0, 0.05) is 0 Å². The Morgan fingerprint density at radius 2 is 1.47 bits per heavy atom. The van der Waals surface area contributed by atoms with Crippen LogP contribution in [0.3, 0.4) is 0 Å². The molecule has 3 aromatic carbocycles. The van der Waals surface area contributed by atoms with Gasteiger partial charge in [0.1, 0.15) is 16.6 Å². The molecule has 0 aromatic heterocycles. The van der Waals surface area contributed by atoms with Crippen molar-refractivity contribution in [3.8, 4) is 11.5 Å². The van der Waals surface area contributed by atoms with Crippen molar-refractivity contribution in [2.24, 2.45) is 0 Å². The number of hydrogen-bond acceptors (Lipinski definition) is 6. The Morgan fingerprint density at radius 1 is 0.867 bits per heavy atom. The van der Waals surface area contributed by atoms with Crippen molar-refractivity contribution in [3.63, 3.8) is 0 Å². The molecule has 0 saturated carbocycles. The highest BCUT2D eigenvalue weighted by atomic mass is 32.2. The summed E-state index contributed by atoms with van der Waals surface area (Å²) in [6.07, 6.45) is 0.815. The molecule has 3 rings (SSSR count). The lowest BCUT2D eigenvalue weighted by Crippen LogP contribution is -2.19. The van der Waals surface area contributed by atoms with Crippen LogP contribution in [-0.2, 0) is 30.0 Å². The summed E-state index contributed by atoms with van der Waals surface area (Å²) in [7, 11) is -2.79. The second kappa shape index (κ2) is 9.69. The standard InChI is InChI=1S/C22H21O6S2/c1-26-17-12-14-19(15-13-17)29(18-8-4-3-5-9-18)21-11-7-6-10-20(21)27-16-22(23)28-30(2,24)25/h3-15H,16H2,1-2H3/q+1. The number of rotatable bonds is 8. The summed E-state index contributed by atoms with van der Waals surface area (Å²) in [4.78, 5) is 14.8. The predicted octanol–water partition coefficient (Wildman–Crippen LogP) is 3.67. The van der Waals surface area contributed by atoms with Crippen LogP contribution in [0.1, 0.15) is 0 Å². The van der Waals surface area contributed by atoms with E-state index in [1.807, 2.05) is 66.7 Å². The van der Waals surface area contributed by atoms with Crippen LogP contribution >= 0.6 is 0 Å². The number of para-hydroxylation sites is 1. The Hall–Kier alpha value is -2.97. The number of carbonyl (C=O) groups is 1. The van der Waals surface area contributed by atoms with Crippen molar-refractivity contribution in [3.05, 3.63) is 78.9 Å². The van der Waals surface area contributed by atoms with Crippen molar-refractivity contribution >= 4 is 27.0 Å². The molecule has 0 N–H and O–H groups in total. The molecule has 0 aliphatic rings. The summed E-state index contributed by atoms with van der Waals surface area (Å²) in [5.74, 6) is 0.255. The molecule has 0 aliphatic carbocycles. The molecule has 0 aliphatic heterocycles. The average Bonchev–Trinajstić information content (AvgIpc) is 2.73. The zero-order chi connectivity index (χ0) is 21.6. The van der Waals surface area contributed by atoms with Crippen LogP contribution in [0.15, 0.2) is 93.5 Å². The van der Waals surface area contributed by atoms with E-state index in [9.17, 15) is 13.2 Å². The SMILES string of the molecule is COc1ccc([S+](c2ccccc2)c2ccccc2OCC(=O)OS(C)(=O)=O)cc1. The molecule has 1 atom stereocenters. The second-order valence-corrected chi connectivity index (χ2v) is 9.76. The molecule has 156 valence electrons. The third kappa shape index (κ3) is 5.77. The zero-order valence-corrected chi connectivity index (χ0v) is 18.1. The molecular formula is C22H21O6S2+. The van der Waals surface area contributed by atoms with Gasteiger partial charge in [0.25, 0.3) is 0 Å². The maximum atomic E-state index is 11.8. The van der Waals surface area contributed by atoms with E-state index in [0.717, 1.165) is 26.7 Å². The van der Waals surface area contributed by atoms with Crippen LogP contribution in [-0.4, -0.2) is 34.4 Å². The van der Waals surface area contributed by atoms with E-state index in [0.29, 0.717) is 5.75 Å². The highest BCUT2D eigenvalue weighted by Gasteiger charge is 2.32. The van der Waals surface area contributed by atoms with Crippen molar-refractivity contribution in [2.45, 2.75) is 14.7 Å². The van der Waals surface area contributed by atoms with E-state index >= 15 is 0 Å². The molecule has 0 bridgehead atoms. The van der Waals surface area contributed by atoms with Gasteiger partial charge in [-0.1, -0.05) is 30.3 Å². The van der Waals surface area contributed by atoms with Crippen LogP contribution in [0.25, 0.3) is 0 Å². The molecular weight excluding hydrogens is 424 g/mol. The summed E-state index contributed by atoms with van der Waals surface area (Å²) in [5.41, 5.74) is 0. The van der Waals surface area contributed by atoms with Crippen molar-refractivity contribution in [2.75, 3.05) is 20.0 Å². The monoisotopic (exact) mass is 445 g/mol. The van der Waals surface area contributed by atoms with Crippen LogP contribution in [0.2, 0.25) is 0 Å². The fourth-order valence-electron chi connectivity index (χ4n) is 2.73. The maximum Gasteiger partial charge on any atom is 0.359 e. The normalized spacial score (nSPS) is 12.1. The van der Waals surface area contributed by atoms with Crippen LogP contribution < -0.4 is 9.47 Å². The summed E-state index contributed by atoms with van der Waals surface area (Å²) in [6, 6.07) is 25.1. The molecule has 0 amide bonds. The van der Waals surface area contributed by atoms with Gasteiger partial charge in [-0.05, 0) is 48.5 Å². The van der Waals surface area contributed by atoms with Crippen LogP contribution in [0.5, 0.6) is 11.5 Å². The highest BCUT2D eigenvalue weighted by Crippen LogP contribution is 2.37. The highest BCUT2D eigenvalue weighted by molar-refractivity contribution is 7.97. The van der Waals surface area contributed by atoms with E-state index in [2.05, 4.69) is 4.18 Å². The Kier molecular flexibility index (Phi) is 7.02. The quantitative estimate of drug-likeness (QED) is 0.389. The Balaban J connectivity index is 1.97. The van der Waals surface area contributed by atoms with E-state index in [4.69, 9.17) is 9.47 Å². The van der Waals surface area contributed by atoms with Gasteiger partial charge in [-0.25, -0.2) is 4.79 Å². The van der Waals surface area contributed by atoms with Gasteiger partial charge in [-0.15, -0.1) is 0 Å². The molecule has 0 heterocycles. The largest absolute Gasteiger partial charge is 0.497 e. The Labute approximate surface area is 178 Å². The Morgan fingerprint density at radius 3 is 2.10 bits per heavy atom. The molecule has 0 fully saturated rings. The van der Waals surface area contributed by atoms with Crippen molar-refractivity contribution in [1.29, 1.82) is 0 Å². The van der Waals surface area contributed by atoms with Gasteiger partial charge in [-0.2, -0.15) is 8.42 Å². The fourth-order valence-corrected chi connectivity index (χ4v) is 5.27. The minimum Gasteiger partial charge on any atom is -0.497 e. The van der Waals surface area contributed by atoms with Gasteiger partial charge in [0.15, 0.2) is 22.1 Å². The molecule has 8 heteroatoms. The van der Waals surface area contributed by atoms with Gasteiger partial charge >= 0.3 is 16.1 Å². The smallest absolute Gasteiger partial charge is 0.359 e. The number of ether oxygens (including phenoxy) is 2. The molecule has 30 heavy (non-hydrogen) atoms. The lowest BCUT2D eigenvalue weighted by atomic mass is 10.3. The molecule has 6 nitrogen and oxygen atoms in total. The summed E-state index contributed by atoms with van der Waals surface area (Å²) >= 11 is 0. The average molecular weight is 446 g/mol. The lowest BCUT2D eigenvalue weighted by molar-refractivity contribution is -0.136. The van der Waals surface area contributed by atoms with Crippen molar-refractivity contribution < 1.29 is 26.9 Å². The third-order valence-electron chi connectivity index (χ3n) is 3.93. The lowest BCUT2D eigenvalue weighted by Gasteiger charge is -2.13. The first-order valence-corrected chi connectivity index (χ1v) is 12.0. The topological polar surface area (TPSA) is 78.9 Å². The number of benzene rings is 3. The van der Waals surface area contributed by atoms with Gasteiger partial charge in [-0.3, -0.25) is 0 Å². The minimum atomic E-state index is -3.89. The van der Waals surface area contributed by atoms with Crippen LogP contribution in [0.4, 0.5) is 0 Å². The van der Waals surface area contributed by atoms with E-state index in [1.165, 1.54) is 0 Å². The fraction of sp³-hybridized carbons (Fsp3) is 0.136. The molecule has 1 unspecified atom stereocenters. The number of hydrogen-bond donors (Lipinski definition) is 0. The molecule has 0 spiro atoms. The van der Waals surface area contributed by atoms with Gasteiger partial charge in [0.05, 0.1) is 13.4 Å². The van der Waals surface area contributed by atoms with E-state index in [-0.39, 0.29) is 0 Å². The maximum absolute atomic E-state index is 11.8. The second-order valence-electron chi connectivity index (χ2n) is 6.19. The van der Waals surface area contributed by atoms with E-state index in [1.54, 1.807) is 19.2 Å². The summed E-state index contributed by atoms with van der Waals surface area (Å²) < 4.78 is 37.6. The molecule has 0 radical (unpaired) electrons. The number of methoxy groups -OCH3 is 1. The third-order valence-corrected chi connectivity index (χ3v) is 6.69. The predicted molar refractivity (Wildman–Crippen MR) is 114 cm³/mol. The Bertz CT molecular complexity index is 1100. The first-order chi connectivity index (χ1) is 14.4. The minimum absolute atomic E-state index is 0.478. The summed E-state index contributed by atoms with van der Waals surface area (Å²) in [5, 5.41) is 0. The van der Waals surface area contributed by atoms with Gasteiger partial charge < -0.3 is 13.7 Å². The van der Waals surface area contributed by atoms with Crippen molar-refractivity contribution in [1.82, 2.24) is 0 Å². The molecule has 3 aromatic rings. The number of carbonyl (C=O) groups excluding carboxylic acids is 1. The first-order valence-electron chi connectivity index (χ1n) is 8.95. The van der Waals surface area contributed by atoms with E-state index < -0.39 is 33.6 Å². The summed E-state index contributed by atoms with van der Waals surface area (Å²) in [6.45, 7) is -0.515. The zero-order valence-electron chi connectivity index (χ0n) is 16.5. The van der Waals surface area contributed by atoms with Gasteiger partial charge in [0.2, 0.25) is 4.90 Å². The van der Waals surface area contributed by atoms with Crippen LogP contribution in [0, 0.1) is 0 Å². The molecule has 0 saturated heterocycles.